The van der Waals surface area contributed by atoms with Crippen molar-refractivity contribution < 1.29 is 17.9 Å². The van der Waals surface area contributed by atoms with Gasteiger partial charge in [0.05, 0.1) is 12.9 Å². The van der Waals surface area contributed by atoms with Gasteiger partial charge >= 0.3 is 0 Å². The van der Waals surface area contributed by atoms with Gasteiger partial charge in [0.25, 0.3) is 0 Å². The number of para-hydroxylation sites is 1. The molecule has 7 heteroatoms. The minimum absolute atomic E-state index is 0.108. The van der Waals surface area contributed by atoms with Crippen molar-refractivity contribution in [3.63, 3.8) is 0 Å². The number of nitrogens with one attached hydrogen (secondary N) is 1. The van der Waals surface area contributed by atoms with Crippen molar-refractivity contribution in [1.82, 2.24) is 10.2 Å². The first-order valence-corrected chi connectivity index (χ1v) is 10.9. The first-order valence-electron chi connectivity index (χ1n) is 8.81. The quantitative estimate of drug-likeness (QED) is 0.729. The number of sulfone groups is 1. The van der Waals surface area contributed by atoms with E-state index in [4.69, 9.17) is 4.74 Å². The van der Waals surface area contributed by atoms with E-state index in [-0.39, 0.29) is 17.7 Å². The van der Waals surface area contributed by atoms with Crippen molar-refractivity contribution in [2.24, 2.45) is 0 Å². The Bertz CT molecular complexity index is 751. The lowest BCUT2D eigenvalue weighted by atomic mass is 10.0. The van der Waals surface area contributed by atoms with E-state index < -0.39 is 9.84 Å². The third-order valence-electron chi connectivity index (χ3n) is 4.59. The van der Waals surface area contributed by atoms with E-state index >= 15 is 0 Å². The molecule has 26 heavy (non-hydrogen) atoms. The molecule has 1 aromatic rings. The number of hydrogen-bond donors (Lipinski definition) is 1. The van der Waals surface area contributed by atoms with Gasteiger partial charge in [0, 0.05) is 43.6 Å². The van der Waals surface area contributed by atoms with Gasteiger partial charge in [-0.25, -0.2) is 8.42 Å². The number of carbonyl (C=O) groups is 1. The van der Waals surface area contributed by atoms with Gasteiger partial charge in [0.15, 0.2) is 0 Å². The van der Waals surface area contributed by atoms with Gasteiger partial charge in [-0.2, -0.15) is 0 Å². The molecule has 1 aromatic carbocycles. The molecule has 1 amide bonds. The molecule has 0 aromatic heterocycles. The molecule has 1 aliphatic rings. The lowest BCUT2D eigenvalue weighted by Crippen LogP contribution is -2.45. The minimum atomic E-state index is -2.93. The van der Waals surface area contributed by atoms with Crippen LogP contribution in [0.5, 0.6) is 5.75 Å². The molecule has 0 saturated carbocycles. The molecule has 1 heterocycles. The Hall–Kier alpha value is -1.86. The van der Waals surface area contributed by atoms with Crippen molar-refractivity contribution in [3.05, 3.63) is 35.9 Å². The Morgan fingerprint density at radius 2 is 1.96 bits per heavy atom. The Labute approximate surface area is 156 Å². The highest BCUT2D eigenvalue weighted by Gasteiger charge is 2.21. The molecule has 6 nitrogen and oxygen atoms in total. The Morgan fingerprint density at radius 1 is 1.31 bits per heavy atom. The van der Waals surface area contributed by atoms with Gasteiger partial charge in [0.1, 0.15) is 15.6 Å². The molecule has 0 atom stereocenters. The fraction of sp³-hybridized carbons (Fsp3) is 0.526. The molecule has 0 spiro atoms. The normalized spacial score (nSPS) is 17.1. The van der Waals surface area contributed by atoms with Crippen molar-refractivity contribution in [3.8, 4) is 5.75 Å². The zero-order chi connectivity index (χ0) is 19.2. The number of carbonyl (C=O) groups excluding carboxylic acids is 1. The predicted octanol–water partition coefficient (Wildman–Crippen LogP) is 1.72. The number of piperidine rings is 1. The second-order valence-electron chi connectivity index (χ2n) is 6.78. The van der Waals surface area contributed by atoms with Crippen LogP contribution < -0.4 is 10.1 Å². The molecular formula is C19H28N2O4S. The van der Waals surface area contributed by atoms with Crippen LogP contribution in [0.4, 0.5) is 0 Å². The van der Waals surface area contributed by atoms with Crippen LogP contribution in [0.3, 0.4) is 0 Å². The molecule has 1 N–H and O–H groups in total. The Morgan fingerprint density at radius 3 is 2.58 bits per heavy atom. The fourth-order valence-corrected chi connectivity index (χ4v) is 3.67. The second kappa shape index (κ2) is 9.19. The van der Waals surface area contributed by atoms with Crippen molar-refractivity contribution in [1.29, 1.82) is 0 Å². The predicted molar refractivity (Wildman–Crippen MR) is 104 cm³/mol. The van der Waals surface area contributed by atoms with Crippen molar-refractivity contribution in [2.45, 2.75) is 25.8 Å². The summed E-state index contributed by atoms with van der Waals surface area (Å²) in [6, 6.07) is 7.74. The van der Waals surface area contributed by atoms with E-state index in [0.717, 1.165) is 42.8 Å². The largest absolute Gasteiger partial charge is 0.496 e. The second-order valence-corrected chi connectivity index (χ2v) is 9.04. The molecule has 0 unspecified atom stereocenters. The number of amides is 1. The van der Waals surface area contributed by atoms with Crippen molar-refractivity contribution >= 4 is 21.3 Å². The average molecular weight is 381 g/mol. The van der Waals surface area contributed by atoms with Crippen LogP contribution in [-0.4, -0.2) is 64.0 Å². The Kier molecular flexibility index (Phi) is 7.23. The summed E-state index contributed by atoms with van der Waals surface area (Å²) in [5.74, 6) is 0.821. The van der Waals surface area contributed by atoms with E-state index in [1.165, 1.54) is 6.26 Å². The van der Waals surface area contributed by atoms with Crippen LogP contribution >= 0.6 is 0 Å². The molecule has 0 bridgehead atoms. The SMILES string of the molecule is COc1ccccc1/C(C)=C/C(=O)NC1CCN(CCS(C)(=O)=O)CC1. The van der Waals surface area contributed by atoms with Crippen LogP contribution in [0.2, 0.25) is 0 Å². The summed E-state index contributed by atoms with van der Waals surface area (Å²) in [6.07, 6.45) is 4.53. The summed E-state index contributed by atoms with van der Waals surface area (Å²) in [5, 5.41) is 3.05. The highest BCUT2D eigenvalue weighted by Crippen LogP contribution is 2.25. The number of hydrogen-bond acceptors (Lipinski definition) is 5. The topological polar surface area (TPSA) is 75.7 Å². The first-order chi connectivity index (χ1) is 12.3. The summed E-state index contributed by atoms with van der Waals surface area (Å²) < 4.78 is 27.8. The maximum Gasteiger partial charge on any atom is 0.244 e. The molecule has 2 rings (SSSR count). The fourth-order valence-electron chi connectivity index (χ4n) is 3.08. The van der Waals surface area contributed by atoms with E-state index in [1.54, 1.807) is 13.2 Å². The van der Waals surface area contributed by atoms with Crippen LogP contribution in [-0.2, 0) is 14.6 Å². The van der Waals surface area contributed by atoms with Gasteiger partial charge < -0.3 is 15.0 Å². The average Bonchev–Trinajstić information content (AvgIpc) is 2.60. The van der Waals surface area contributed by atoms with Crippen LogP contribution in [0.25, 0.3) is 5.57 Å². The van der Waals surface area contributed by atoms with Gasteiger partial charge in [-0.05, 0) is 31.4 Å². The number of likely N-dealkylation sites (tertiary alicyclic amines) is 1. The zero-order valence-electron chi connectivity index (χ0n) is 15.7. The molecule has 0 radical (unpaired) electrons. The van der Waals surface area contributed by atoms with Gasteiger partial charge in [0.2, 0.25) is 5.91 Å². The molecule has 0 aliphatic carbocycles. The summed E-state index contributed by atoms with van der Waals surface area (Å²) in [7, 11) is -1.32. The van der Waals surface area contributed by atoms with E-state index in [1.807, 2.05) is 31.2 Å². The van der Waals surface area contributed by atoms with E-state index in [2.05, 4.69) is 10.2 Å². The van der Waals surface area contributed by atoms with Crippen LogP contribution in [0, 0.1) is 0 Å². The smallest absolute Gasteiger partial charge is 0.244 e. The summed E-state index contributed by atoms with van der Waals surface area (Å²) in [4.78, 5) is 14.5. The zero-order valence-corrected chi connectivity index (χ0v) is 16.5. The summed E-state index contributed by atoms with van der Waals surface area (Å²) in [5.41, 5.74) is 1.76. The monoisotopic (exact) mass is 380 g/mol. The third-order valence-corrected chi connectivity index (χ3v) is 5.52. The number of benzene rings is 1. The van der Waals surface area contributed by atoms with Gasteiger partial charge in [-0.1, -0.05) is 18.2 Å². The number of rotatable bonds is 7. The summed E-state index contributed by atoms with van der Waals surface area (Å²) in [6.45, 7) is 4.06. The standard InChI is InChI=1S/C19H28N2O4S/c1-15(17-6-4-5-7-18(17)25-2)14-19(22)20-16-8-10-21(11-9-16)12-13-26(3,23)24/h4-7,14,16H,8-13H2,1-3H3,(H,20,22)/b15-14+. The Balaban J connectivity index is 1.85. The minimum Gasteiger partial charge on any atom is -0.496 e. The van der Waals surface area contributed by atoms with Crippen molar-refractivity contribution in [2.75, 3.05) is 38.8 Å². The lowest BCUT2D eigenvalue weighted by molar-refractivity contribution is -0.117. The highest BCUT2D eigenvalue weighted by atomic mass is 32.2. The van der Waals surface area contributed by atoms with E-state index in [0.29, 0.717) is 6.54 Å². The summed E-state index contributed by atoms with van der Waals surface area (Å²) >= 11 is 0. The van der Waals surface area contributed by atoms with E-state index in [9.17, 15) is 13.2 Å². The number of allylic oxidation sites excluding steroid dienone is 1. The number of nitrogens with zero attached hydrogens (tertiary/aromatic N) is 1. The first kappa shape index (κ1) is 20.5. The molecule has 144 valence electrons. The van der Waals surface area contributed by atoms with Gasteiger partial charge in [-0.15, -0.1) is 0 Å². The van der Waals surface area contributed by atoms with Crippen LogP contribution in [0.15, 0.2) is 30.3 Å². The molecule has 1 saturated heterocycles. The van der Waals surface area contributed by atoms with Gasteiger partial charge in [-0.3, -0.25) is 4.79 Å². The molecule has 1 aliphatic heterocycles. The molecule has 1 fully saturated rings. The third kappa shape index (κ3) is 6.46. The highest BCUT2D eigenvalue weighted by molar-refractivity contribution is 7.90. The maximum atomic E-state index is 12.3. The lowest BCUT2D eigenvalue weighted by Gasteiger charge is -2.31. The number of ether oxygens (including phenoxy) is 1. The van der Waals surface area contributed by atoms with Crippen LogP contribution in [0.1, 0.15) is 25.3 Å². The molecular weight excluding hydrogens is 352 g/mol. The maximum absolute atomic E-state index is 12.3. The number of methoxy groups -OCH3 is 1.